The van der Waals surface area contributed by atoms with Crippen molar-refractivity contribution in [3.8, 4) is 28.4 Å². The second kappa shape index (κ2) is 10.1. The number of rotatable bonds is 9. The van der Waals surface area contributed by atoms with Gasteiger partial charge < -0.3 is 14.9 Å². The fourth-order valence-electron chi connectivity index (χ4n) is 3.94. The van der Waals surface area contributed by atoms with Crippen LogP contribution in [0.2, 0.25) is 0 Å². The van der Waals surface area contributed by atoms with E-state index in [1.807, 2.05) is 48.5 Å². The van der Waals surface area contributed by atoms with Crippen molar-refractivity contribution >= 4 is 6.16 Å². The average Bonchev–Trinajstić information content (AvgIpc) is 3.47. The molecule has 0 spiro atoms. The molecule has 0 atom stereocenters. The van der Waals surface area contributed by atoms with Crippen molar-refractivity contribution in [1.29, 1.82) is 0 Å². The fourth-order valence-corrected chi connectivity index (χ4v) is 3.94. The zero-order valence-corrected chi connectivity index (χ0v) is 19.9. The monoisotopic (exact) mass is 476 g/mol. The van der Waals surface area contributed by atoms with E-state index in [1.54, 1.807) is 18.4 Å². The minimum Gasteiger partial charge on any atom is -0.449 e. The van der Waals surface area contributed by atoms with Crippen LogP contribution in [-0.4, -0.2) is 46.5 Å². The molecule has 0 fully saturated rings. The van der Waals surface area contributed by atoms with Crippen molar-refractivity contribution in [2.75, 3.05) is 0 Å². The van der Waals surface area contributed by atoms with Crippen molar-refractivity contribution in [3.63, 3.8) is 0 Å². The molecule has 0 saturated carbocycles. The maximum Gasteiger partial charge on any atom is 0.512 e. The number of benzene rings is 2. The average molecular weight is 477 g/mol. The van der Waals surface area contributed by atoms with Crippen molar-refractivity contribution in [2.24, 2.45) is 0 Å². The van der Waals surface area contributed by atoms with E-state index in [4.69, 9.17) is 4.74 Å². The lowest BCUT2D eigenvalue weighted by Crippen LogP contribution is -2.19. The lowest BCUT2D eigenvalue weighted by atomic mass is 9.98. The van der Waals surface area contributed by atoms with Gasteiger partial charge in [0.2, 0.25) is 5.88 Å². The first-order valence-corrected chi connectivity index (χ1v) is 11.4. The molecule has 0 saturated heterocycles. The first-order valence-electron chi connectivity index (χ1n) is 11.4. The van der Waals surface area contributed by atoms with E-state index in [-0.39, 0.29) is 11.6 Å². The standard InChI is InChI=1S/C25H28N6O4/c1-4-5-10-20-26-21(25(2,3)34)23(35-24(32)33)31(20)15-16-11-13-17(14-12-16)18-8-6-7-9-19(18)22-27-29-30-28-22/h6-9,11-14,34H,4-5,10,15H2,1-3H3,(H,32,33)(H,27,28,29,30). The SMILES string of the molecule is CCCCc1nc(C(C)(C)O)c(OC(=O)O)n1Cc1ccc(-c2ccccc2-c2nnn[nH]2)cc1. The highest BCUT2D eigenvalue weighted by Gasteiger charge is 2.30. The highest BCUT2D eigenvalue weighted by atomic mass is 16.7. The molecule has 4 rings (SSSR count). The van der Waals surface area contributed by atoms with Gasteiger partial charge >= 0.3 is 6.16 Å². The number of nitrogens with zero attached hydrogens (tertiary/aromatic N) is 5. The minimum atomic E-state index is -1.45. The molecule has 2 aromatic carbocycles. The second-order valence-electron chi connectivity index (χ2n) is 8.79. The molecule has 4 aromatic rings. The summed E-state index contributed by atoms with van der Waals surface area (Å²) in [5.41, 5.74) is 2.62. The van der Waals surface area contributed by atoms with Crippen LogP contribution in [0.4, 0.5) is 4.79 Å². The first kappa shape index (κ1) is 24.1. The number of unbranched alkanes of at least 4 members (excludes halogenated alkanes) is 1. The van der Waals surface area contributed by atoms with Crippen molar-refractivity contribution in [3.05, 3.63) is 65.6 Å². The largest absolute Gasteiger partial charge is 0.512 e. The number of aryl methyl sites for hydroxylation is 1. The lowest BCUT2D eigenvalue weighted by Gasteiger charge is -2.17. The molecule has 0 aliphatic rings. The van der Waals surface area contributed by atoms with E-state index >= 15 is 0 Å². The molecule has 0 radical (unpaired) electrons. The third-order valence-corrected chi connectivity index (χ3v) is 5.65. The van der Waals surface area contributed by atoms with Gasteiger partial charge in [0.05, 0.1) is 6.54 Å². The van der Waals surface area contributed by atoms with Crippen LogP contribution in [-0.2, 0) is 18.6 Å². The lowest BCUT2D eigenvalue weighted by molar-refractivity contribution is 0.0695. The van der Waals surface area contributed by atoms with Gasteiger partial charge in [0, 0.05) is 12.0 Å². The number of aromatic nitrogens is 6. The number of imidazole rings is 1. The fraction of sp³-hybridized carbons (Fsp3) is 0.320. The van der Waals surface area contributed by atoms with Crippen molar-refractivity contribution in [1.82, 2.24) is 30.2 Å². The quantitative estimate of drug-likeness (QED) is 0.302. The molecule has 2 heterocycles. The van der Waals surface area contributed by atoms with E-state index in [9.17, 15) is 15.0 Å². The number of H-pyrrole nitrogens is 1. The van der Waals surface area contributed by atoms with Gasteiger partial charge in [-0.15, -0.1) is 5.10 Å². The van der Waals surface area contributed by atoms with Gasteiger partial charge in [-0.2, -0.15) is 0 Å². The third-order valence-electron chi connectivity index (χ3n) is 5.65. The van der Waals surface area contributed by atoms with Crippen LogP contribution in [0.5, 0.6) is 5.88 Å². The van der Waals surface area contributed by atoms with Gasteiger partial charge in [0.1, 0.15) is 17.1 Å². The summed E-state index contributed by atoms with van der Waals surface area (Å²) in [5.74, 6) is 1.30. The van der Waals surface area contributed by atoms with Crippen molar-refractivity contribution < 1.29 is 19.7 Å². The minimum absolute atomic E-state index is 0.0448. The normalized spacial score (nSPS) is 11.5. The molecular formula is C25H28N6O4. The van der Waals surface area contributed by atoms with E-state index in [1.165, 1.54) is 0 Å². The van der Waals surface area contributed by atoms with Crippen LogP contribution in [0.15, 0.2) is 48.5 Å². The Morgan fingerprint density at radius 2 is 1.83 bits per heavy atom. The Hall–Kier alpha value is -4.05. The Kier molecular flexibility index (Phi) is 6.92. The summed E-state index contributed by atoms with van der Waals surface area (Å²) in [5, 5.41) is 34.1. The number of aliphatic hydroxyl groups is 1. The van der Waals surface area contributed by atoms with Gasteiger partial charge in [0.15, 0.2) is 5.82 Å². The van der Waals surface area contributed by atoms with E-state index in [2.05, 4.69) is 32.5 Å². The smallest absolute Gasteiger partial charge is 0.449 e. The zero-order valence-electron chi connectivity index (χ0n) is 19.9. The van der Waals surface area contributed by atoms with Crippen LogP contribution in [0, 0.1) is 0 Å². The van der Waals surface area contributed by atoms with E-state index in [0.29, 0.717) is 24.6 Å². The summed E-state index contributed by atoms with van der Waals surface area (Å²) < 4.78 is 6.86. The molecule has 10 nitrogen and oxygen atoms in total. The Morgan fingerprint density at radius 1 is 1.11 bits per heavy atom. The molecular weight excluding hydrogens is 448 g/mol. The molecule has 3 N–H and O–H groups in total. The summed E-state index contributed by atoms with van der Waals surface area (Å²) in [6.45, 7) is 5.55. The first-order chi connectivity index (χ1) is 16.8. The van der Waals surface area contributed by atoms with Gasteiger partial charge in [-0.25, -0.2) is 14.9 Å². The molecule has 0 bridgehead atoms. The third kappa shape index (κ3) is 5.38. The number of carbonyl (C=O) groups is 1. The predicted octanol–water partition coefficient (Wildman–Crippen LogP) is 4.41. The summed E-state index contributed by atoms with van der Waals surface area (Å²) in [7, 11) is 0. The number of tetrazole rings is 1. The van der Waals surface area contributed by atoms with E-state index < -0.39 is 11.8 Å². The maximum atomic E-state index is 11.4. The van der Waals surface area contributed by atoms with Gasteiger partial charge in [0.25, 0.3) is 0 Å². The van der Waals surface area contributed by atoms with Crippen LogP contribution in [0.25, 0.3) is 22.5 Å². The number of ether oxygens (including phenoxy) is 1. The van der Waals surface area contributed by atoms with Crippen LogP contribution in [0.1, 0.15) is 50.7 Å². The highest BCUT2D eigenvalue weighted by Crippen LogP contribution is 2.33. The molecule has 10 heteroatoms. The topological polar surface area (TPSA) is 139 Å². The van der Waals surface area contributed by atoms with Gasteiger partial charge in [-0.05, 0) is 47.4 Å². The number of aromatic amines is 1. The molecule has 0 aliphatic heterocycles. The highest BCUT2D eigenvalue weighted by molar-refractivity contribution is 5.80. The summed E-state index contributed by atoms with van der Waals surface area (Å²) >= 11 is 0. The van der Waals surface area contributed by atoms with Gasteiger partial charge in [-0.3, -0.25) is 4.57 Å². The number of carboxylic acid groups (broad SMARTS) is 1. The molecule has 0 amide bonds. The maximum absolute atomic E-state index is 11.4. The molecule has 182 valence electrons. The Balaban J connectivity index is 1.70. The Morgan fingerprint density at radius 3 is 2.43 bits per heavy atom. The summed E-state index contributed by atoms with van der Waals surface area (Å²) in [6.07, 6.45) is 1.02. The van der Waals surface area contributed by atoms with Crippen LogP contribution in [0.3, 0.4) is 0 Å². The number of hydrogen-bond donors (Lipinski definition) is 3. The molecule has 0 unspecified atom stereocenters. The number of nitrogens with one attached hydrogen (secondary N) is 1. The summed E-state index contributed by atoms with van der Waals surface area (Å²) in [6, 6.07) is 15.8. The Labute approximate surface area is 202 Å². The van der Waals surface area contributed by atoms with Crippen LogP contribution < -0.4 is 4.74 Å². The summed E-state index contributed by atoms with van der Waals surface area (Å²) in [4.78, 5) is 16.0. The molecule has 2 aromatic heterocycles. The van der Waals surface area contributed by atoms with Gasteiger partial charge in [-0.1, -0.05) is 61.9 Å². The zero-order chi connectivity index (χ0) is 25.0. The Bertz CT molecular complexity index is 1290. The van der Waals surface area contributed by atoms with E-state index in [0.717, 1.165) is 35.1 Å². The molecule has 35 heavy (non-hydrogen) atoms. The number of hydrogen-bond acceptors (Lipinski definition) is 7. The second-order valence-corrected chi connectivity index (χ2v) is 8.79. The van der Waals surface area contributed by atoms with Crippen molar-refractivity contribution in [2.45, 2.75) is 52.2 Å². The predicted molar refractivity (Wildman–Crippen MR) is 129 cm³/mol. The van der Waals surface area contributed by atoms with Crippen LogP contribution >= 0.6 is 0 Å². The molecule has 0 aliphatic carbocycles.